The fourth-order valence-electron chi connectivity index (χ4n) is 1.47. The van der Waals surface area contributed by atoms with Gasteiger partial charge in [0.1, 0.15) is 11.6 Å². The Balaban J connectivity index is 2.40. The molecule has 1 aromatic carbocycles. The molecule has 0 aromatic heterocycles. The normalized spacial score (nSPS) is 11.8. The third kappa shape index (κ3) is 5.19. The molecule has 1 aromatic rings. The van der Waals surface area contributed by atoms with Crippen LogP contribution in [0, 0.1) is 11.6 Å². The fourth-order valence-corrected chi connectivity index (χ4v) is 1.47. The molecule has 0 unspecified atom stereocenters. The number of hydrogen-bond acceptors (Lipinski definition) is 3. The zero-order valence-electron chi connectivity index (χ0n) is 10.4. The molecule has 110 valence electrons. The molecule has 1 atom stereocenters. The van der Waals surface area contributed by atoms with E-state index < -0.39 is 36.3 Å². The van der Waals surface area contributed by atoms with Crippen LogP contribution in [0.5, 0.6) is 0 Å². The first kappa shape index (κ1) is 15.8. The summed E-state index contributed by atoms with van der Waals surface area (Å²) in [5.41, 5.74) is 0.361. The van der Waals surface area contributed by atoms with Gasteiger partial charge in [-0.15, -0.1) is 0 Å². The van der Waals surface area contributed by atoms with E-state index in [0.29, 0.717) is 5.56 Å². The second-order valence-electron chi connectivity index (χ2n) is 4.00. The number of benzene rings is 1. The number of carboxylic acid groups (broad SMARTS) is 1. The second-order valence-corrected chi connectivity index (χ2v) is 4.00. The molecule has 0 aliphatic heterocycles. The number of amides is 2. The van der Waals surface area contributed by atoms with Gasteiger partial charge in [-0.3, -0.25) is 0 Å². The van der Waals surface area contributed by atoms with Gasteiger partial charge in [0.2, 0.25) is 0 Å². The molecule has 0 saturated heterocycles. The lowest BCUT2D eigenvalue weighted by Gasteiger charge is -2.12. The van der Waals surface area contributed by atoms with Gasteiger partial charge in [0.05, 0.1) is 6.61 Å². The number of aliphatic hydroxyl groups is 1. The number of carbonyl (C=O) groups excluding carboxylic acids is 1. The first-order valence-electron chi connectivity index (χ1n) is 5.75. The minimum atomic E-state index is -1.40. The minimum absolute atomic E-state index is 0.0620. The number of aliphatic hydroxyl groups excluding tert-OH is 1. The van der Waals surface area contributed by atoms with E-state index in [1.54, 1.807) is 0 Å². The summed E-state index contributed by atoms with van der Waals surface area (Å²) in [6, 6.07) is 0.819. The van der Waals surface area contributed by atoms with Crippen LogP contribution in [-0.2, 0) is 11.2 Å². The monoisotopic (exact) mass is 288 g/mol. The van der Waals surface area contributed by atoms with E-state index in [-0.39, 0.29) is 13.0 Å². The average molecular weight is 288 g/mol. The first-order chi connectivity index (χ1) is 9.42. The van der Waals surface area contributed by atoms with Gasteiger partial charge in [-0.05, 0) is 24.1 Å². The van der Waals surface area contributed by atoms with Crippen molar-refractivity contribution < 1.29 is 28.6 Å². The minimum Gasteiger partial charge on any atom is -0.480 e. The van der Waals surface area contributed by atoms with Crippen LogP contribution in [0.4, 0.5) is 13.6 Å². The van der Waals surface area contributed by atoms with Crippen molar-refractivity contribution in [3.63, 3.8) is 0 Å². The molecular formula is C12H14F2N2O4. The summed E-state index contributed by atoms with van der Waals surface area (Å²) in [4.78, 5) is 21.8. The largest absolute Gasteiger partial charge is 0.480 e. The predicted molar refractivity (Wildman–Crippen MR) is 65.1 cm³/mol. The number of nitrogens with one attached hydrogen (secondary N) is 2. The Hall–Kier alpha value is -2.22. The molecule has 6 nitrogen and oxygen atoms in total. The van der Waals surface area contributed by atoms with Crippen LogP contribution in [0.2, 0.25) is 0 Å². The van der Waals surface area contributed by atoms with E-state index in [1.807, 2.05) is 5.32 Å². The van der Waals surface area contributed by atoms with Crippen LogP contribution in [-0.4, -0.2) is 41.4 Å². The number of urea groups is 1. The zero-order valence-corrected chi connectivity index (χ0v) is 10.4. The number of halogens is 2. The van der Waals surface area contributed by atoms with Gasteiger partial charge in [-0.1, -0.05) is 0 Å². The van der Waals surface area contributed by atoms with Crippen LogP contribution in [0.1, 0.15) is 5.56 Å². The summed E-state index contributed by atoms with van der Waals surface area (Å²) >= 11 is 0. The maximum Gasteiger partial charge on any atom is 0.328 e. The molecule has 0 aliphatic carbocycles. The van der Waals surface area contributed by atoms with Crippen LogP contribution >= 0.6 is 0 Å². The summed E-state index contributed by atoms with van der Waals surface area (Å²) < 4.78 is 25.8. The molecule has 0 radical (unpaired) electrons. The number of aliphatic carboxylic acids is 1. The van der Waals surface area contributed by atoms with Gasteiger partial charge in [0.15, 0.2) is 6.04 Å². The molecule has 0 saturated carbocycles. The quantitative estimate of drug-likeness (QED) is 0.603. The smallest absolute Gasteiger partial charge is 0.328 e. The highest BCUT2D eigenvalue weighted by molar-refractivity contribution is 5.82. The molecule has 1 rings (SSSR count). The summed E-state index contributed by atoms with van der Waals surface area (Å²) in [5, 5.41) is 21.7. The Labute approximate surface area is 113 Å². The van der Waals surface area contributed by atoms with Gasteiger partial charge in [-0.25, -0.2) is 18.4 Å². The van der Waals surface area contributed by atoms with Gasteiger partial charge in [0, 0.05) is 12.6 Å². The summed E-state index contributed by atoms with van der Waals surface area (Å²) in [5.74, 6) is -2.79. The van der Waals surface area contributed by atoms with Crippen molar-refractivity contribution in [2.75, 3.05) is 13.2 Å². The lowest BCUT2D eigenvalue weighted by molar-refractivity contribution is -0.140. The zero-order chi connectivity index (χ0) is 15.1. The van der Waals surface area contributed by atoms with Crippen molar-refractivity contribution in [2.24, 2.45) is 0 Å². The van der Waals surface area contributed by atoms with Crippen molar-refractivity contribution in [3.05, 3.63) is 35.4 Å². The molecule has 8 heteroatoms. The van der Waals surface area contributed by atoms with Crippen molar-refractivity contribution in [1.82, 2.24) is 10.6 Å². The van der Waals surface area contributed by atoms with Gasteiger partial charge < -0.3 is 20.8 Å². The number of carbonyl (C=O) groups is 2. The molecule has 0 aliphatic rings. The molecular weight excluding hydrogens is 274 g/mol. The topological polar surface area (TPSA) is 98.7 Å². The number of hydrogen-bond donors (Lipinski definition) is 4. The fraction of sp³-hybridized carbons (Fsp3) is 0.333. The molecule has 0 heterocycles. The molecule has 2 amide bonds. The maximum absolute atomic E-state index is 12.9. The predicted octanol–water partition coefficient (Wildman–Crippen LogP) is 0.252. The standard InChI is InChI=1S/C12H14F2N2O4/c13-8-3-7(4-9(14)5-8)1-2-15-12(20)16-10(6-17)11(18)19/h3-5,10,17H,1-2,6H2,(H,18,19)(H2,15,16,20)/t10-/m1/s1. The highest BCUT2D eigenvalue weighted by atomic mass is 19.1. The average Bonchev–Trinajstić information content (AvgIpc) is 2.34. The Kier molecular flexibility index (Phi) is 5.85. The summed E-state index contributed by atoms with van der Waals surface area (Å²) in [6.45, 7) is -0.676. The van der Waals surface area contributed by atoms with Crippen LogP contribution in [0.25, 0.3) is 0 Å². The van der Waals surface area contributed by atoms with Crippen molar-refractivity contribution in [3.8, 4) is 0 Å². The van der Waals surface area contributed by atoms with E-state index in [9.17, 15) is 18.4 Å². The number of rotatable bonds is 6. The van der Waals surface area contributed by atoms with E-state index in [0.717, 1.165) is 18.2 Å². The molecule has 20 heavy (non-hydrogen) atoms. The highest BCUT2D eigenvalue weighted by Crippen LogP contribution is 2.07. The van der Waals surface area contributed by atoms with E-state index in [1.165, 1.54) is 0 Å². The maximum atomic E-state index is 12.9. The lowest BCUT2D eigenvalue weighted by atomic mass is 10.1. The van der Waals surface area contributed by atoms with Gasteiger partial charge >= 0.3 is 12.0 Å². The molecule has 0 spiro atoms. The third-order valence-corrected chi connectivity index (χ3v) is 2.41. The Morgan fingerprint density at radius 1 is 1.20 bits per heavy atom. The Bertz CT molecular complexity index is 476. The number of carboxylic acids is 1. The van der Waals surface area contributed by atoms with Gasteiger partial charge in [0.25, 0.3) is 0 Å². The molecule has 0 fully saturated rings. The van der Waals surface area contributed by atoms with Crippen LogP contribution in [0.15, 0.2) is 18.2 Å². The highest BCUT2D eigenvalue weighted by Gasteiger charge is 2.18. The third-order valence-electron chi connectivity index (χ3n) is 2.41. The SMILES string of the molecule is O=C(NCCc1cc(F)cc(F)c1)N[C@H](CO)C(=O)O. The van der Waals surface area contributed by atoms with Crippen molar-refractivity contribution >= 4 is 12.0 Å². The summed E-state index contributed by atoms with van der Waals surface area (Å²) in [6.07, 6.45) is 0.180. The van der Waals surface area contributed by atoms with E-state index in [4.69, 9.17) is 10.2 Å². The molecule has 0 bridgehead atoms. The second kappa shape index (κ2) is 7.39. The lowest BCUT2D eigenvalue weighted by Crippen LogP contribution is -2.48. The summed E-state index contributed by atoms with van der Waals surface area (Å²) in [7, 11) is 0. The van der Waals surface area contributed by atoms with Crippen molar-refractivity contribution in [1.29, 1.82) is 0 Å². The van der Waals surface area contributed by atoms with Gasteiger partial charge in [-0.2, -0.15) is 0 Å². The van der Waals surface area contributed by atoms with Crippen LogP contribution in [0.3, 0.4) is 0 Å². The van der Waals surface area contributed by atoms with Crippen LogP contribution < -0.4 is 10.6 Å². The molecule has 4 N–H and O–H groups in total. The van der Waals surface area contributed by atoms with Crippen molar-refractivity contribution in [2.45, 2.75) is 12.5 Å². The first-order valence-corrected chi connectivity index (χ1v) is 5.75. The Morgan fingerprint density at radius 3 is 2.30 bits per heavy atom. The van der Waals surface area contributed by atoms with E-state index in [2.05, 4.69) is 5.32 Å². The Morgan fingerprint density at radius 2 is 1.80 bits per heavy atom. The van der Waals surface area contributed by atoms with E-state index >= 15 is 0 Å².